The molecule has 4 rings (SSSR count). The number of para-hydroxylation sites is 2. The van der Waals surface area contributed by atoms with Crippen LogP contribution in [-0.4, -0.2) is 40.5 Å². The fraction of sp³-hybridized carbons (Fsp3) is 0.200. The molecule has 1 aliphatic heterocycles. The SMILES string of the molecule is Cc1c(C(=O)NCC(=O)OCc2cnc3ccccc3n2)ccc2c1B(O)OC2. The van der Waals surface area contributed by atoms with Gasteiger partial charge < -0.3 is 19.7 Å². The first-order chi connectivity index (χ1) is 14.0. The van der Waals surface area contributed by atoms with Crippen LogP contribution < -0.4 is 10.8 Å². The number of nitrogens with zero attached hydrogens (tertiary/aromatic N) is 2. The monoisotopic (exact) mass is 391 g/mol. The molecule has 9 heteroatoms. The van der Waals surface area contributed by atoms with E-state index in [0.29, 0.717) is 34.4 Å². The number of amides is 1. The molecule has 0 aliphatic carbocycles. The molecule has 0 unspecified atom stereocenters. The molecule has 0 bridgehead atoms. The largest absolute Gasteiger partial charge is 0.492 e. The summed E-state index contributed by atoms with van der Waals surface area (Å²) >= 11 is 0. The molecule has 3 aromatic rings. The van der Waals surface area contributed by atoms with E-state index in [4.69, 9.17) is 9.39 Å². The lowest BCUT2D eigenvalue weighted by molar-refractivity contribution is -0.143. The van der Waals surface area contributed by atoms with Crippen molar-refractivity contribution in [3.63, 3.8) is 0 Å². The molecule has 0 saturated heterocycles. The summed E-state index contributed by atoms with van der Waals surface area (Å²) < 4.78 is 10.3. The van der Waals surface area contributed by atoms with Crippen LogP contribution in [0.4, 0.5) is 0 Å². The molecular weight excluding hydrogens is 373 g/mol. The summed E-state index contributed by atoms with van der Waals surface area (Å²) in [4.78, 5) is 33.1. The summed E-state index contributed by atoms with van der Waals surface area (Å²) in [6.07, 6.45) is 1.55. The fourth-order valence-electron chi connectivity index (χ4n) is 3.27. The summed E-state index contributed by atoms with van der Waals surface area (Å²) in [7, 11) is -1.04. The highest BCUT2D eigenvalue weighted by molar-refractivity contribution is 6.62. The average molecular weight is 391 g/mol. The maximum absolute atomic E-state index is 12.4. The Kier molecular flexibility index (Phi) is 5.24. The summed E-state index contributed by atoms with van der Waals surface area (Å²) in [5.74, 6) is -1.01. The minimum Gasteiger partial charge on any atom is -0.458 e. The van der Waals surface area contributed by atoms with Crippen molar-refractivity contribution in [1.29, 1.82) is 0 Å². The van der Waals surface area contributed by atoms with Crippen LogP contribution in [0.25, 0.3) is 11.0 Å². The van der Waals surface area contributed by atoms with Crippen molar-refractivity contribution in [1.82, 2.24) is 15.3 Å². The highest BCUT2D eigenvalue weighted by Gasteiger charge is 2.31. The van der Waals surface area contributed by atoms with Gasteiger partial charge in [0.1, 0.15) is 13.2 Å². The molecule has 2 aromatic carbocycles. The van der Waals surface area contributed by atoms with E-state index in [1.807, 2.05) is 24.3 Å². The number of ether oxygens (including phenoxy) is 1. The van der Waals surface area contributed by atoms with Crippen LogP contribution in [0.5, 0.6) is 0 Å². The van der Waals surface area contributed by atoms with Gasteiger partial charge in [0.25, 0.3) is 5.91 Å². The quantitative estimate of drug-likeness (QED) is 0.485. The first-order valence-corrected chi connectivity index (χ1v) is 9.09. The number of carbonyl (C=O) groups excluding carboxylic acids is 2. The van der Waals surface area contributed by atoms with E-state index in [9.17, 15) is 14.6 Å². The van der Waals surface area contributed by atoms with Crippen molar-refractivity contribution in [3.05, 3.63) is 65.0 Å². The van der Waals surface area contributed by atoms with Crippen LogP contribution in [0.2, 0.25) is 0 Å². The molecule has 0 fully saturated rings. The van der Waals surface area contributed by atoms with Crippen LogP contribution in [0.15, 0.2) is 42.6 Å². The maximum Gasteiger partial charge on any atom is 0.492 e. The van der Waals surface area contributed by atoms with E-state index >= 15 is 0 Å². The molecule has 29 heavy (non-hydrogen) atoms. The number of hydrogen-bond donors (Lipinski definition) is 2. The number of rotatable bonds is 5. The van der Waals surface area contributed by atoms with Gasteiger partial charge in [-0.2, -0.15) is 0 Å². The second-order valence-corrected chi connectivity index (χ2v) is 6.67. The summed E-state index contributed by atoms with van der Waals surface area (Å²) in [6.45, 7) is 1.73. The zero-order chi connectivity index (χ0) is 20.4. The van der Waals surface area contributed by atoms with Gasteiger partial charge in [0, 0.05) is 5.56 Å². The Morgan fingerprint density at radius 1 is 1.24 bits per heavy atom. The first-order valence-electron chi connectivity index (χ1n) is 9.09. The molecule has 0 spiro atoms. The van der Waals surface area contributed by atoms with Crippen LogP contribution in [0, 0.1) is 6.92 Å². The standard InChI is InChI=1S/C20H18BN3O5/c1-12-15(7-6-13-10-29-21(27)19(12)13)20(26)23-9-18(25)28-11-14-8-22-16-4-2-3-5-17(16)24-14/h2-8,27H,9-11H2,1H3,(H,23,26). The Bertz CT molecular complexity index is 1100. The summed E-state index contributed by atoms with van der Waals surface area (Å²) in [6, 6.07) is 10.8. The Morgan fingerprint density at radius 3 is 2.86 bits per heavy atom. The highest BCUT2D eigenvalue weighted by Crippen LogP contribution is 2.16. The second-order valence-electron chi connectivity index (χ2n) is 6.67. The Balaban J connectivity index is 1.33. The van der Waals surface area contributed by atoms with Crippen LogP contribution in [0.1, 0.15) is 27.2 Å². The second kappa shape index (κ2) is 7.98. The predicted octanol–water partition coefficient (Wildman–Crippen LogP) is 0.629. The molecule has 1 aliphatic rings. The molecule has 0 atom stereocenters. The van der Waals surface area contributed by atoms with Gasteiger partial charge in [-0.15, -0.1) is 0 Å². The molecule has 146 valence electrons. The molecule has 0 saturated carbocycles. The number of benzene rings is 2. The van der Waals surface area contributed by atoms with Gasteiger partial charge in [0.2, 0.25) is 0 Å². The van der Waals surface area contributed by atoms with E-state index in [1.165, 1.54) is 0 Å². The van der Waals surface area contributed by atoms with E-state index in [1.54, 1.807) is 25.3 Å². The third-order valence-corrected chi connectivity index (χ3v) is 4.77. The van der Waals surface area contributed by atoms with Crippen molar-refractivity contribution in [2.45, 2.75) is 20.1 Å². The number of hydrogen-bond acceptors (Lipinski definition) is 7. The summed E-state index contributed by atoms with van der Waals surface area (Å²) in [5, 5.41) is 12.4. The Hall–Kier alpha value is -3.30. The smallest absolute Gasteiger partial charge is 0.458 e. The molecule has 1 amide bonds. The fourth-order valence-corrected chi connectivity index (χ4v) is 3.27. The molecule has 2 N–H and O–H groups in total. The van der Waals surface area contributed by atoms with Crippen LogP contribution >= 0.6 is 0 Å². The minimum atomic E-state index is -1.04. The van der Waals surface area contributed by atoms with Crippen molar-refractivity contribution < 1.29 is 24.0 Å². The molecular formula is C20H18BN3O5. The zero-order valence-corrected chi connectivity index (χ0v) is 15.7. The van der Waals surface area contributed by atoms with E-state index in [-0.39, 0.29) is 13.2 Å². The average Bonchev–Trinajstić information content (AvgIpc) is 3.12. The van der Waals surface area contributed by atoms with Crippen molar-refractivity contribution >= 4 is 35.5 Å². The lowest BCUT2D eigenvalue weighted by Crippen LogP contribution is -2.35. The Labute approximate surface area is 167 Å². The Morgan fingerprint density at radius 2 is 2.03 bits per heavy atom. The van der Waals surface area contributed by atoms with Gasteiger partial charge in [0.05, 0.1) is 29.5 Å². The number of nitrogens with one attached hydrogen (secondary N) is 1. The van der Waals surface area contributed by atoms with Gasteiger partial charge in [-0.1, -0.05) is 18.2 Å². The van der Waals surface area contributed by atoms with Crippen molar-refractivity contribution in [2.75, 3.05) is 6.54 Å². The normalized spacial score (nSPS) is 12.7. The van der Waals surface area contributed by atoms with Gasteiger partial charge in [-0.05, 0) is 41.7 Å². The molecule has 0 radical (unpaired) electrons. The summed E-state index contributed by atoms with van der Waals surface area (Å²) in [5.41, 5.74) is 4.46. The predicted molar refractivity (Wildman–Crippen MR) is 105 cm³/mol. The lowest BCUT2D eigenvalue weighted by Gasteiger charge is -2.11. The van der Waals surface area contributed by atoms with Crippen LogP contribution in [-0.2, 0) is 27.4 Å². The maximum atomic E-state index is 12.4. The van der Waals surface area contributed by atoms with Gasteiger partial charge in [-0.3, -0.25) is 14.6 Å². The minimum absolute atomic E-state index is 0.0338. The van der Waals surface area contributed by atoms with E-state index < -0.39 is 19.0 Å². The number of carbonyl (C=O) groups is 2. The number of aromatic nitrogens is 2. The third-order valence-electron chi connectivity index (χ3n) is 4.77. The molecule has 8 nitrogen and oxygen atoms in total. The number of fused-ring (bicyclic) bond motifs is 2. The zero-order valence-electron chi connectivity index (χ0n) is 15.7. The van der Waals surface area contributed by atoms with Crippen molar-refractivity contribution in [2.24, 2.45) is 0 Å². The lowest BCUT2D eigenvalue weighted by atomic mass is 9.75. The molecule has 2 heterocycles. The van der Waals surface area contributed by atoms with Crippen molar-refractivity contribution in [3.8, 4) is 0 Å². The topological polar surface area (TPSA) is 111 Å². The molecule has 1 aromatic heterocycles. The van der Waals surface area contributed by atoms with E-state index in [2.05, 4.69) is 15.3 Å². The van der Waals surface area contributed by atoms with Gasteiger partial charge >= 0.3 is 13.1 Å². The number of esters is 1. The first kappa shape index (κ1) is 19.0. The third kappa shape index (κ3) is 3.96. The van der Waals surface area contributed by atoms with Gasteiger partial charge in [0.15, 0.2) is 0 Å². The van der Waals surface area contributed by atoms with E-state index in [0.717, 1.165) is 11.1 Å². The van der Waals surface area contributed by atoms with Gasteiger partial charge in [-0.25, -0.2) is 4.98 Å². The highest BCUT2D eigenvalue weighted by atomic mass is 16.5. The van der Waals surface area contributed by atoms with Crippen LogP contribution in [0.3, 0.4) is 0 Å².